The number of nitro groups is 1. The monoisotopic (exact) mass is 374 g/mol. The number of esters is 1. The summed E-state index contributed by atoms with van der Waals surface area (Å²) < 4.78 is 5.19. The molecule has 1 N–H and O–H groups in total. The second kappa shape index (κ2) is 7.65. The van der Waals surface area contributed by atoms with Gasteiger partial charge in [0.1, 0.15) is 5.00 Å². The lowest BCUT2D eigenvalue weighted by atomic mass is 9.95. The molecule has 3 rings (SSSR count). The Morgan fingerprint density at radius 2 is 2.19 bits per heavy atom. The molecule has 1 aromatic heterocycles. The minimum atomic E-state index is -0.650. The number of nitro benzene ring substituents is 1. The van der Waals surface area contributed by atoms with Gasteiger partial charge in [-0.25, -0.2) is 9.79 Å². The highest BCUT2D eigenvalue weighted by atomic mass is 32.1. The van der Waals surface area contributed by atoms with Gasteiger partial charge < -0.3 is 9.84 Å². The maximum absolute atomic E-state index is 12.4. The van der Waals surface area contributed by atoms with Gasteiger partial charge in [-0.1, -0.05) is 0 Å². The molecule has 0 saturated carbocycles. The van der Waals surface area contributed by atoms with Crippen LogP contribution in [0.3, 0.4) is 0 Å². The molecule has 0 atom stereocenters. The molecule has 0 spiro atoms. The van der Waals surface area contributed by atoms with Crippen molar-refractivity contribution in [3.63, 3.8) is 0 Å². The summed E-state index contributed by atoms with van der Waals surface area (Å²) in [6, 6.07) is 4.00. The van der Waals surface area contributed by atoms with Gasteiger partial charge in [-0.05, 0) is 55.9 Å². The fraction of sp³-hybridized carbons (Fsp3) is 0.333. The molecule has 1 aliphatic carbocycles. The minimum absolute atomic E-state index is 0.294. The molecule has 8 heteroatoms. The van der Waals surface area contributed by atoms with Crippen molar-refractivity contribution >= 4 is 34.2 Å². The van der Waals surface area contributed by atoms with Crippen LogP contribution in [0.2, 0.25) is 0 Å². The van der Waals surface area contributed by atoms with Crippen LogP contribution in [0, 0.1) is 10.1 Å². The standard InChI is InChI=1S/C18H18N2O5S/c1-2-25-18(22)16-12-5-3-4-6-15(12)26-17(16)19-10-11-7-8-13(20(23)24)14(21)9-11/h7-10,21H,2-6H2,1H3/b19-10+. The third-order valence-corrected chi connectivity index (χ3v) is 5.36. The van der Waals surface area contributed by atoms with Crippen LogP contribution in [0.4, 0.5) is 10.7 Å². The first-order valence-corrected chi connectivity index (χ1v) is 9.16. The van der Waals surface area contributed by atoms with Gasteiger partial charge in [-0.2, -0.15) is 0 Å². The zero-order chi connectivity index (χ0) is 18.7. The predicted molar refractivity (Wildman–Crippen MR) is 98.9 cm³/mol. The zero-order valence-electron chi connectivity index (χ0n) is 14.2. The van der Waals surface area contributed by atoms with Crippen LogP contribution >= 0.6 is 11.3 Å². The van der Waals surface area contributed by atoms with E-state index in [2.05, 4.69) is 4.99 Å². The molecule has 0 bridgehead atoms. The largest absolute Gasteiger partial charge is 0.502 e. The molecule has 0 aliphatic heterocycles. The van der Waals surface area contributed by atoms with E-state index in [-0.39, 0.29) is 11.7 Å². The van der Waals surface area contributed by atoms with Crippen LogP contribution in [-0.2, 0) is 17.6 Å². The molecule has 26 heavy (non-hydrogen) atoms. The summed E-state index contributed by atoms with van der Waals surface area (Å²) in [6.07, 6.45) is 5.39. The van der Waals surface area contributed by atoms with E-state index in [1.54, 1.807) is 6.92 Å². The number of phenols is 1. The zero-order valence-corrected chi connectivity index (χ0v) is 15.0. The van der Waals surface area contributed by atoms with Gasteiger partial charge in [0.2, 0.25) is 0 Å². The number of fused-ring (bicyclic) bond motifs is 1. The molecular weight excluding hydrogens is 356 g/mol. The Morgan fingerprint density at radius 3 is 2.88 bits per heavy atom. The van der Waals surface area contributed by atoms with Crippen molar-refractivity contribution in [2.24, 2.45) is 4.99 Å². The van der Waals surface area contributed by atoms with Crippen LogP contribution in [0.5, 0.6) is 5.75 Å². The van der Waals surface area contributed by atoms with E-state index in [1.807, 2.05) is 0 Å². The number of aromatic hydroxyl groups is 1. The smallest absolute Gasteiger partial charge is 0.341 e. The molecule has 2 aromatic rings. The molecule has 1 heterocycles. The highest BCUT2D eigenvalue weighted by molar-refractivity contribution is 7.16. The first-order chi connectivity index (χ1) is 12.5. The lowest BCUT2D eigenvalue weighted by molar-refractivity contribution is -0.385. The highest BCUT2D eigenvalue weighted by Gasteiger charge is 2.26. The number of ether oxygens (including phenoxy) is 1. The number of phenolic OH excluding ortho intramolecular Hbond substituents is 1. The Kier molecular flexibility index (Phi) is 5.32. The van der Waals surface area contributed by atoms with Gasteiger partial charge in [-0.15, -0.1) is 11.3 Å². The Labute approximate surface area is 154 Å². The Balaban J connectivity index is 1.95. The predicted octanol–water partition coefficient (Wildman–Crippen LogP) is 4.17. The van der Waals surface area contributed by atoms with E-state index in [0.717, 1.165) is 36.1 Å². The third-order valence-electron chi connectivity index (χ3n) is 4.16. The number of thiophene rings is 1. The number of benzene rings is 1. The molecule has 1 aromatic carbocycles. The molecule has 0 fully saturated rings. The van der Waals surface area contributed by atoms with E-state index in [9.17, 15) is 20.0 Å². The van der Waals surface area contributed by atoms with Crippen LogP contribution in [-0.4, -0.2) is 28.8 Å². The Bertz CT molecular complexity index is 888. The summed E-state index contributed by atoms with van der Waals surface area (Å²) in [5.41, 5.74) is 1.70. The van der Waals surface area contributed by atoms with Crippen LogP contribution in [0.25, 0.3) is 0 Å². The molecule has 0 radical (unpaired) electrons. The molecule has 0 amide bonds. The first-order valence-electron chi connectivity index (χ1n) is 8.34. The molecular formula is C18H18N2O5S. The van der Waals surface area contributed by atoms with Crippen LogP contribution in [0.15, 0.2) is 23.2 Å². The lowest BCUT2D eigenvalue weighted by Gasteiger charge is -2.11. The second-order valence-electron chi connectivity index (χ2n) is 5.87. The summed E-state index contributed by atoms with van der Waals surface area (Å²) in [5.74, 6) is -0.791. The summed E-state index contributed by atoms with van der Waals surface area (Å²) in [4.78, 5) is 28.1. The fourth-order valence-corrected chi connectivity index (χ4v) is 4.19. The average Bonchev–Trinajstić information content (AvgIpc) is 2.98. The topological polar surface area (TPSA) is 102 Å². The maximum Gasteiger partial charge on any atom is 0.341 e. The van der Waals surface area contributed by atoms with E-state index in [4.69, 9.17) is 4.74 Å². The van der Waals surface area contributed by atoms with Gasteiger partial charge in [0, 0.05) is 17.2 Å². The Hall–Kier alpha value is -2.74. The molecule has 7 nitrogen and oxygen atoms in total. The Morgan fingerprint density at radius 1 is 1.42 bits per heavy atom. The maximum atomic E-state index is 12.4. The number of carbonyl (C=O) groups excluding carboxylic acids is 1. The first kappa shape index (κ1) is 18.1. The van der Waals surface area contributed by atoms with Crippen molar-refractivity contribution in [2.45, 2.75) is 32.6 Å². The van der Waals surface area contributed by atoms with Crippen molar-refractivity contribution in [3.05, 3.63) is 49.9 Å². The van der Waals surface area contributed by atoms with Gasteiger partial charge >= 0.3 is 11.7 Å². The van der Waals surface area contributed by atoms with Gasteiger partial charge in [0.25, 0.3) is 0 Å². The van der Waals surface area contributed by atoms with E-state index >= 15 is 0 Å². The number of hydrogen-bond donors (Lipinski definition) is 1. The van der Waals surface area contributed by atoms with Gasteiger partial charge in [0.05, 0.1) is 17.1 Å². The van der Waals surface area contributed by atoms with Gasteiger partial charge in [0.15, 0.2) is 5.75 Å². The quantitative estimate of drug-likeness (QED) is 0.366. The van der Waals surface area contributed by atoms with E-state index in [1.165, 1.54) is 35.8 Å². The van der Waals surface area contributed by atoms with E-state index in [0.29, 0.717) is 22.7 Å². The number of aliphatic imine (C=N–C) groups is 1. The molecule has 1 aliphatic rings. The SMILES string of the molecule is CCOC(=O)c1c(/N=C/c2ccc([N+](=O)[O-])c(O)c2)sc2c1CCCC2. The number of nitrogens with zero attached hydrogens (tertiary/aromatic N) is 2. The number of hydrogen-bond acceptors (Lipinski definition) is 7. The average molecular weight is 374 g/mol. The number of carbonyl (C=O) groups is 1. The van der Waals surface area contributed by atoms with Crippen molar-refractivity contribution in [1.82, 2.24) is 0 Å². The van der Waals surface area contributed by atoms with Crippen LogP contribution in [0.1, 0.15) is 46.1 Å². The summed E-state index contributed by atoms with van der Waals surface area (Å²) in [6.45, 7) is 2.06. The van der Waals surface area contributed by atoms with Gasteiger partial charge in [-0.3, -0.25) is 10.1 Å². The van der Waals surface area contributed by atoms with Crippen molar-refractivity contribution in [2.75, 3.05) is 6.61 Å². The molecule has 136 valence electrons. The van der Waals surface area contributed by atoms with Crippen LogP contribution < -0.4 is 0 Å². The highest BCUT2D eigenvalue weighted by Crippen LogP contribution is 2.40. The number of aryl methyl sites for hydroxylation is 1. The molecule has 0 unspecified atom stereocenters. The van der Waals surface area contributed by atoms with E-state index < -0.39 is 10.7 Å². The number of rotatable bonds is 5. The molecule has 0 saturated heterocycles. The summed E-state index contributed by atoms with van der Waals surface area (Å²) in [7, 11) is 0. The second-order valence-corrected chi connectivity index (χ2v) is 6.96. The third kappa shape index (κ3) is 3.60. The minimum Gasteiger partial charge on any atom is -0.502 e. The van der Waals surface area contributed by atoms with Crippen molar-refractivity contribution in [3.8, 4) is 5.75 Å². The lowest BCUT2D eigenvalue weighted by Crippen LogP contribution is -2.09. The van der Waals surface area contributed by atoms with Crippen molar-refractivity contribution < 1.29 is 19.6 Å². The van der Waals surface area contributed by atoms with Crippen molar-refractivity contribution in [1.29, 1.82) is 0 Å². The normalized spacial score (nSPS) is 13.6. The summed E-state index contributed by atoms with van der Waals surface area (Å²) in [5, 5.41) is 21.1. The fourth-order valence-electron chi connectivity index (χ4n) is 2.96. The summed E-state index contributed by atoms with van der Waals surface area (Å²) >= 11 is 1.48.